The number of rotatable bonds is 7. The van der Waals surface area contributed by atoms with Crippen LogP contribution >= 0.6 is 0 Å². The molecule has 1 unspecified atom stereocenters. The Bertz CT molecular complexity index is 481. The predicted molar refractivity (Wildman–Crippen MR) is 76.1 cm³/mol. The Kier molecular flexibility index (Phi) is 5.12. The topological polar surface area (TPSA) is 50.1 Å². The van der Waals surface area contributed by atoms with Crippen molar-refractivity contribution in [2.24, 2.45) is 5.92 Å². The molecule has 0 radical (unpaired) electrons. The molecule has 0 aliphatic carbocycles. The highest BCUT2D eigenvalue weighted by atomic mass is 16.3. The first-order valence-corrected chi connectivity index (χ1v) is 6.71. The van der Waals surface area contributed by atoms with E-state index in [0.717, 1.165) is 30.9 Å². The van der Waals surface area contributed by atoms with Gasteiger partial charge in [0.25, 0.3) is 0 Å². The third-order valence-corrected chi connectivity index (χ3v) is 3.09. The molecule has 0 bridgehead atoms. The second-order valence-electron chi connectivity index (χ2n) is 4.84. The van der Waals surface area contributed by atoms with Crippen LogP contribution in [-0.2, 0) is 6.54 Å². The summed E-state index contributed by atoms with van der Waals surface area (Å²) < 4.78 is 1.88. The van der Waals surface area contributed by atoms with Gasteiger partial charge in [-0.25, -0.2) is 4.68 Å². The van der Waals surface area contributed by atoms with Crippen molar-refractivity contribution >= 4 is 0 Å². The second-order valence-corrected chi connectivity index (χ2v) is 4.84. The number of aromatic nitrogens is 2. The van der Waals surface area contributed by atoms with Crippen molar-refractivity contribution in [1.82, 2.24) is 15.1 Å². The van der Waals surface area contributed by atoms with Gasteiger partial charge in [0.1, 0.15) is 0 Å². The minimum atomic E-state index is 0.255. The Balaban J connectivity index is 1.85. The predicted octanol–water partition coefficient (Wildman–Crippen LogP) is 1.98. The van der Waals surface area contributed by atoms with Gasteiger partial charge in [-0.2, -0.15) is 5.10 Å². The zero-order valence-electron chi connectivity index (χ0n) is 11.3. The van der Waals surface area contributed by atoms with Gasteiger partial charge in [0.05, 0.1) is 11.4 Å². The van der Waals surface area contributed by atoms with Gasteiger partial charge >= 0.3 is 0 Å². The van der Waals surface area contributed by atoms with Gasteiger partial charge in [-0.05, 0) is 37.1 Å². The van der Waals surface area contributed by atoms with E-state index in [1.807, 2.05) is 47.3 Å². The lowest BCUT2D eigenvalue weighted by atomic mass is 10.1. The molecule has 0 amide bonds. The van der Waals surface area contributed by atoms with Crippen LogP contribution in [0.5, 0.6) is 0 Å². The molecule has 2 N–H and O–H groups in total. The zero-order valence-corrected chi connectivity index (χ0v) is 11.3. The first-order chi connectivity index (χ1) is 9.29. The van der Waals surface area contributed by atoms with E-state index in [4.69, 9.17) is 5.11 Å². The van der Waals surface area contributed by atoms with Crippen molar-refractivity contribution in [2.45, 2.75) is 19.9 Å². The molecular weight excluding hydrogens is 238 g/mol. The van der Waals surface area contributed by atoms with Crippen molar-refractivity contribution in [3.05, 3.63) is 48.3 Å². The maximum Gasteiger partial charge on any atom is 0.0766 e. The molecule has 4 nitrogen and oxygen atoms in total. The molecule has 0 fully saturated rings. The quantitative estimate of drug-likeness (QED) is 0.799. The maximum atomic E-state index is 8.84. The van der Waals surface area contributed by atoms with Crippen LogP contribution in [-0.4, -0.2) is 28.0 Å². The molecular formula is C15H21N3O. The number of hydrogen-bond acceptors (Lipinski definition) is 3. The van der Waals surface area contributed by atoms with E-state index in [0.29, 0.717) is 5.92 Å². The molecule has 1 heterocycles. The van der Waals surface area contributed by atoms with Gasteiger partial charge in [-0.15, -0.1) is 0 Å². The third-order valence-electron chi connectivity index (χ3n) is 3.09. The third kappa shape index (κ3) is 4.19. The van der Waals surface area contributed by atoms with Crippen molar-refractivity contribution in [3.63, 3.8) is 0 Å². The molecule has 19 heavy (non-hydrogen) atoms. The molecule has 0 saturated heterocycles. The molecule has 2 aromatic rings. The van der Waals surface area contributed by atoms with Crippen LogP contribution in [0.1, 0.15) is 19.0 Å². The number of aliphatic hydroxyl groups is 1. The normalized spacial score (nSPS) is 12.5. The van der Waals surface area contributed by atoms with Gasteiger partial charge < -0.3 is 10.4 Å². The van der Waals surface area contributed by atoms with Gasteiger partial charge in [-0.1, -0.05) is 25.1 Å². The molecule has 0 aliphatic rings. The summed E-state index contributed by atoms with van der Waals surface area (Å²) in [4.78, 5) is 0. The monoisotopic (exact) mass is 259 g/mol. The van der Waals surface area contributed by atoms with Crippen LogP contribution in [0.2, 0.25) is 0 Å². The molecule has 0 spiro atoms. The second kappa shape index (κ2) is 7.07. The standard InChI is InChI=1S/C15H21N3O/c1-13(8-10-19)11-16-12-14-7-9-18(17-14)15-5-3-2-4-6-15/h2-7,9,13,16,19H,8,10-12H2,1H3. The highest BCUT2D eigenvalue weighted by Crippen LogP contribution is 2.07. The highest BCUT2D eigenvalue weighted by Gasteiger charge is 2.03. The number of benzene rings is 1. The van der Waals surface area contributed by atoms with Crippen molar-refractivity contribution < 1.29 is 5.11 Å². The summed E-state index contributed by atoms with van der Waals surface area (Å²) in [6, 6.07) is 12.1. The van der Waals surface area contributed by atoms with E-state index in [1.165, 1.54) is 0 Å². The first kappa shape index (κ1) is 13.8. The lowest BCUT2D eigenvalue weighted by Gasteiger charge is -2.09. The number of hydrogen-bond donors (Lipinski definition) is 2. The average molecular weight is 259 g/mol. The smallest absolute Gasteiger partial charge is 0.0766 e. The maximum absolute atomic E-state index is 8.84. The largest absolute Gasteiger partial charge is 0.396 e. The highest BCUT2D eigenvalue weighted by molar-refractivity contribution is 5.30. The lowest BCUT2D eigenvalue weighted by molar-refractivity contribution is 0.260. The van der Waals surface area contributed by atoms with Gasteiger partial charge in [-0.3, -0.25) is 0 Å². The van der Waals surface area contributed by atoms with E-state index >= 15 is 0 Å². The van der Waals surface area contributed by atoms with Crippen LogP contribution in [0.15, 0.2) is 42.6 Å². The first-order valence-electron chi connectivity index (χ1n) is 6.71. The molecule has 0 aliphatic heterocycles. The molecule has 1 aromatic carbocycles. The minimum Gasteiger partial charge on any atom is -0.396 e. The summed E-state index contributed by atoms with van der Waals surface area (Å²) in [7, 11) is 0. The van der Waals surface area contributed by atoms with Crippen LogP contribution in [0, 0.1) is 5.92 Å². The Hall–Kier alpha value is -1.65. The number of nitrogens with one attached hydrogen (secondary N) is 1. The number of para-hydroxylation sites is 1. The summed E-state index contributed by atoms with van der Waals surface area (Å²) in [5, 5.41) is 16.7. The van der Waals surface area contributed by atoms with Crippen LogP contribution < -0.4 is 5.32 Å². The van der Waals surface area contributed by atoms with Crippen LogP contribution in [0.4, 0.5) is 0 Å². The van der Waals surface area contributed by atoms with E-state index in [2.05, 4.69) is 17.3 Å². The van der Waals surface area contributed by atoms with E-state index < -0.39 is 0 Å². The molecule has 1 atom stereocenters. The van der Waals surface area contributed by atoms with Crippen molar-refractivity contribution in [2.75, 3.05) is 13.2 Å². The van der Waals surface area contributed by atoms with Crippen molar-refractivity contribution in [3.8, 4) is 5.69 Å². The minimum absolute atomic E-state index is 0.255. The fourth-order valence-corrected chi connectivity index (χ4v) is 1.95. The van der Waals surface area contributed by atoms with Crippen LogP contribution in [0.25, 0.3) is 5.69 Å². The molecule has 4 heteroatoms. The van der Waals surface area contributed by atoms with Crippen molar-refractivity contribution in [1.29, 1.82) is 0 Å². The SMILES string of the molecule is CC(CCO)CNCc1ccn(-c2ccccc2)n1. The van der Waals surface area contributed by atoms with Gasteiger partial charge in [0, 0.05) is 19.3 Å². The zero-order chi connectivity index (χ0) is 13.5. The van der Waals surface area contributed by atoms with Gasteiger partial charge in [0.2, 0.25) is 0 Å². The number of aliphatic hydroxyl groups excluding tert-OH is 1. The van der Waals surface area contributed by atoms with E-state index in [9.17, 15) is 0 Å². The lowest BCUT2D eigenvalue weighted by Crippen LogP contribution is -2.21. The van der Waals surface area contributed by atoms with E-state index in [-0.39, 0.29) is 6.61 Å². The Morgan fingerprint density at radius 1 is 1.26 bits per heavy atom. The molecule has 1 aromatic heterocycles. The molecule has 2 rings (SSSR count). The fourth-order valence-electron chi connectivity index (χ4n) is 1.95. The summed E-state index contributed by atoms with van der Waals surface area (Å²) in [6.45, 7) is 4.05. The molecule has 102 valence electrons. The summed E-state index contributed by atoms with van der Waals surface area (Å²) in [6.07, 6.45) is 2.81. The van der Waals surface area contributed by atoms with Gasteiger partial charge in [0.15, 0.2) is 0 Å². The Morgan fingerprint density at radius 2 is 2.05 bits per heavy atom. The van der Waals surface area contributed by atoms with Crippen LogP contribution in [0.3, 0.4) is 0 Å². The summed E-state index contributed by atoms with van der Waals surface area (Å²) in [5.41, 5.74) is 2.10. The Labute approximate surface area is 114 Å². The number of nitrogens with zero attached hydrogens (tertiary/aromatic N) is 2. The molecule has 0 saturated carbocycles. The Morgan fingerprint density at radius 3 is 2.79 bits per heavy atom. The average Bonchev–Trinajstić information content (AvgIpc) is 2.89. The fraction of sp³-hybridized carbons (Fsp3) is 0.400. The summed E-state index contributed by atoms with van der Waals surface area (Å²) >= 11 is 0. The van der Waals surface area contributed by atoms with E-state index in [1.54, 1.807) is 0 Å². The summed E-state index contributed by atoms with van der Waals surface area (Å²) in [5.74, 6) is 0.487.